The number of hydrogen-bond acceptors (Lipinski definition) is 14. The lowest BCUT2D eigenvalue weighted by Crippen LogP contribution is -2.33. The summed E-state index contributed by atoms with van der Waals surface area (Å²) in [5, 5.41) is 0. The van der Waals surface area contributed by atoms with Gasteiger partial charge >= 0.3 is 5.97 Å². The molecule has 1 aromatic rings. The molecule has 0 saturated heterocycles. The molecule has 51 heavy (non-hydrogen) atoms. The number of unbranched alkanes of at least 4 members (excludes halogenated alkanes) is 2. The van der Waals surface area contributed by atoms with E-state index in [1.807, 2.05) is 0 Å². The second-order valence-electron chi connectivity index (χ2n) is 11.1. The third-order valence-electron chi connectivity index (χ3n) is 7.16. The van der Waals surface area contributed by atoms with Crippen molar-refractivity contribution in [1.29, 1.82) is 0 Å². The first-order valence-corrected chi connectivity index (χ1v) is 18.0. The minimum absolute atomic E-state index is 0.166. The number of carbonyl (C=O) groups excluding carboxylic acids is 3. The minimum Gasteiger partial charge on any atom is -0.463 e. The molecule has 15 nitrogen and oxygen atoms in total. The van der Waals surface area contributed by atoms with Crippen LogP contribution >= 0.6 is 0 Å². The molecule has 0 radical (unpaired) electrons. The van der Waals surface area contributed by atoms with E-state index in [1.165, 1.54) is 4.90 Å². The zero-order valence-electron chi connectivity index (χ0n) is 30.4. The Morgan fingerprint density at radius 2 is 0.784 bits per heavy atom. The van der Waals surface area contributed by atoms with Gasteiger partial charge in [0.1, 0.15) is 6.61 Å². The summed E-state index contributed by atoms with van der Waals surface area (Å²) >= 11 is 0. The maximum atomic E-state index is 12.3. The van der Waals surface area contributed by atoms with E-state index in [1.54, 1.807) is 24.3 Å². The van der Waals surface area contributed by atoms with Crippen molar-refractivity contribution in [2.24, 2.45) is 0 Å². The van der Waals surface area contributed by atoms with Crippen molar-refractivity contribution in [2.75, 3.05) is 145 Å². The maximum Gasteiger partial charge on any atom is 0.305 e. The average Bonchev–Trinajstić information content (AvgIpc) is 3.38. The number of hydrogen-bond donors (Lipinski definition) is 0. The Hall–Kier alpha value is -2.57. The lowest BCUT2D eigenvalue weighted by atomic mass is 10.1. The summed E-state index contributed by atoms with van der Waals surface area (Å²) in [6.45, 7) is 11.4. The molecule has 292 valence electrons. The van der Waals surface area contributed by atoms with Gasteiger partial charge in [0.2, 0.25) is 0 Å². The SMILES string of the molecule is CCCCCC(=O)OCCOCCOCCOCCOCCOCCOCCOCCOCCOCCOCCN1C(=O)c2ccccc2C1=O. The van der Waals surface area contributed by atoms with Crippen LogP contribution in [0, 0.1) is 0 Å². The summed E-state index contributed by atoms with van der Waals surface area (Å²) in [5.74, 6) is -0.727. The number of esters is 1. The number of rotatable bonds is 37. The lowest BCUT2D eigenvalue weighted by Gasteiger charge is -2.13. The van der Waals surface area contributed by atoms with E-state index in [4.69, 9.17) is 52.1 Å². The van der Waals surface area contributed by atoms with Crippen molar-refractivity contribution in [1.82, 2.24) is 4.90 Å². The fraction of sp³-hybridized carbons (Fsp3) is 0.750. The van der Waals surface area contributed by atoms with E-state index in [0.717, 1.165) is 19.3 Å². The van der Waals surface area contributed by atoms with Gasteiger partial charge in [0.15, 0.2) is 0 Å². The van der Waals surface area contributed by atoms with Crippen LogP contribution in [0.1, 0.15) is 53.3 Å². The molecule has 1 aliphatic heterocycles. The highest BCUT2D eigenvalue weighted by atomic mass is 16.6. The van der Waals surface area contributed by atoms with Gasteiger partial charge in [0, 0.05) is 6.42 Å². The number of ether oxygens (including phenoxy) is 11. The van der Waals surface area contributed by atoms with E-state index in [9.17, 15) is 14.4 Å². The standard InChI is InChI=1S/C36H59NO14/c1-2-3-4-9-34(38)51-31-30-50-29-28-49-27-26-48-25-24-47-23-22-46-21-20-45-19-18-44-17-16-43-15-14-42-13-12-41-11-10-37-35(39)32-7-5-6-8-33(32)36(37)40/h5-8H,2-4,9-31H2,1H3. The fourth-order valence-electron chi connectivity index (χ4n) is 4.49. The van der Waals surface area contributed by atoms with Crippen LogP contribution < -0.4 is 0 Å². The predicted octanol–water partition coefficient (Wildman–Crippen LogP) is 2.57. The molecule has 2 amide bonds. The smallest absolute Gasteiger partial charge is 0.305 e. The zero-order chi connectivity index (χ0) is 36.5. The third kappa shape index (κ3) is 22.9. The van der Waals surface area contributed by atoms with E-state index in [-0.39, 0.29) is 37.5 Å². The number of imide groups is 1. The molecule has 1 aliphatic rings. The highest BCUT2D eigenvalue weighted by molar-refractivity contribution is 6.21. The molecule has 15 heteroatoms. The molecular weight excluding hydrogens is 670 g/mol. The summed E-state index contributed by atoms with van der Waals surface area (Å²) in [5.41, 5.74) is 0.878. The Labute approximate surface area is 302 Å². The molecule has 0 atom stereocenters. The van der Waals surface area contributed by atoms with Crippen LogP contribution in [0.2, 0.25) is 0 Å². The molecule has 0 saturated carbocycles. The van der Waals surface area contributed by atoms with Crippen molar-refractivity contribution < 1.29 is 66.5 Å². The van der Waals surface area contributed by atoms with Crippen molar-refractivity contribution >= 4 is 17.8 Å². The van der Waals surface area contributed by atoms with Crippen LogP contribution in [0.25, 0.3) is 0 Å². The number of fused-ring (bicyclic) bond motifs is 1. The van der Waals surface area contributed by atoms with Gasteiger partial charge < -0.3 is 52.1 Å². The highest BCUT2D eigenvalue weighted by Crippen LogP contribution is 2.21. The van der Waals surface area contributed by atoms with Gasteiger partial charge in [-0.2, -0.15) is 0 Å². The first-order chi connectivity index (χ1) is 25.1. The van der Waals surface area contributed by atoms with Gasteiger partial charge in [-0.05, 0) is 18.6 Å². The summed E-state index contributed by atoms with van der Waals surface area (Å²) in [7, 11) is 0. The normalized spacial score (nSPS) is 12.6. The summed E-state index contributed by atoms with van der Waals surface area (Å²) in [6.07, 6.45) is 3.47. The topological polar surface area (TPSA) is 156 Å². The predicted molar refractivity (Wildman–Crippen MR) is 185 cm³/mol. The first kappa shape index (κ1) is 44.6. The van der Waals surface area contributed by atoms with Crippen molar-refractivity contribution in [3.63, 3.8) is 0 Å². The molecule has 0 aromatic heterocycles. The molecule has 0 spiro atoms. The van der Waals surface area contributed by atoms with Gasteiger partial charge in [-0.25, -0.2) is 0 Å². The van der Waals surface area contributed by atoms with Gasteiger partial charge in [-0.15, -0.1) is 0 Å². The monoisotopic (exact) mass is 729 g/mol. The van der Waals surface area contributed by atoms with Crippen LogP contribution in [0.15, 0.2) is 24.3 Å². The van der Waals surface area contributed by atoms with E-state index < -0.39 is 0 Å². The van der Waals surface area contributed by atoms with E-state index >= 15 is 0 Å². The van der Waals surface area contributed by atoms with Crippen molar-refractivity contribution in [2.45, 2.75) is 32.6 Å². The third-order valence-corrected chi connectivity index (χ3v) is 7.16. The highest BCUT2D eigenvalue weighted by Gasteiger charge is 2.34. The second-order valence-corrected chi connectivity index (χ2v) is 11.1. The summed E-state index contributed by atoms with van der Waals surface area (Å²) in [4.78, 5) is 37.3. The molecule has 1 aromatic carbocycles. The van der Waals surface area contributed by atoms with Gasteiger partial charge in [-0.1, -0.05) is 31.9 Å². The number of benzene rings is 1. The molecule has 1 heterocycles. The van der Waals surface area contributed by atoms with Crippen LogP contribution in [0.5, 0.6) is 0 Å². The van der Waals surface area contributed by atoms with Crippen LogP contribution in [0.4, 0.5) is 0 Å². The van der Waals surface area contributed by atoms with Gasteiger partial charge in [-0.3, -0.25) is 19.3 Å². The maximum absolute atomic E-state index is 12.3. The quantitative estimate of drug-likeness (QED) is 0.0560. The van der Waals surface area contributed by atoms with Crippen molar-refractivity contribution in [3.05, 3.63) is 35.4 Å². The first-order valence-electron chi connectivity index (χ1n) is 18.0. The Morgan fingerprint density at radius 3 is 1.12 bits per heavy atom. The molecule has 0 bridgehead atoms. The Kier molecular flexibility index (Phi) is 28.1. The molecule has 0 unspecified atom stereocenters. The lowest BCUT2D eigenvalue weighted by molar-refractivity contribution is -0.145. The Morgan fingerprint density at radius 1 is 0.471 bits per heavy atom. The van der Waals surface area contributed by atoms with E-state index in [0.29, 0.717) is 143 Å². The van der Waals surface area contributed by atoms with Gasteiger partial charge in [0.05, 0.1) is 150 Å². The second kappa shape index (κ2) is 32.1. The Bertz CT molecular complexity index is 994. The van der Waals surface area contributed by atoms with Crippen LogP contribution in [-0.4, -0.2) is 168 Å². The van der Waals surface area contributed by atoms with Crippen molar-refractivity contribution in [3.8, 4) is 0 Å². The largest absolute Gasteiger partial charge is 0.463 e. The molecular formula is C36H59NO14. The number of nitrogens with zero attached hydrogens (tertiary/aromatic N) is 1. The molecule has 0 fully saturated rings. The van der Waals surface area contributed by atoms with E-state index in [2.05, 4.69) is 6.92 Å². The fourth-order valence-corrected chi connectivity index (χ4v) is 4.49. The zero-order valence-corrected chi connectivity index (χ0v) is 30.4. The number of carbonyl (C=O) groups is 3. The minimum atomic E-state index is -0.280. The molecule has 2 rings (SSSR count). The Balaban J connectivity index is 1.17. The molecule has 0 N–H and O–H groups in total. The average molecular weight is 730 g/mol. The summed E-state index contributed by atoms with van der Waals surface area (Å²) in [6, 6.07) is 6.81. The van der Waals surface area contributed by atoms with Gasteiger partial charge in [0.25, 0.3) is 11.8 Å². The number of amides is 2. The van der Waals surface area contributed by atoms with Crippen LogP contribution in [-0.2, 0) is 56.9 Å². The summed E-state index contributed by atoms with van der Waals surface area (Å²) < 4.78 is 59.7. The molecule has 0 aliphatic carbocycles. The van der Waals surface area contributed by atoms with Crippen LogP contribution in [0.3, 0.4) is 0 Å².